The van der Waals surface area contributed by atoms with Crippen LogP contribution in [0.4, 0.5) is 0 Å². The molecule has 31 heavy (non-hydrogen) atoms. The number of rotatable bonds is 8. The van der Waals surface area contributed by atoms with Gasteiger partial charge in [0.15, 0.2) is 12.2 Å². The average molecular weight is 434 g/mol. The average Bonchev–Trinajstić information content (AvgIpc) is 3.06. The minimum atomic E-state index is -1.71. The van der Waals surface area contributed by atoms with Crippen molar-refractivity contribution in [1.82, 2.24) is 10.6 Å². The van der Waals surface area contributed by atoms with Gasteiger partial charge in [-0.1, -0.05) is 26.0 Å². The number of phenolic OH excluding ortho intramolecular Hbond substituents is 1. The molecular weight excluding hydrogens is 408 g/mol. The Balaban J connectivity index is 1.75. The van der Waals surface area contributed by atoms with E-state index in [0.29, 0.717) is 18.4 Å². The lowest BCUT2D eigenvalue weighted by atomic mass is 9.90. The van der Waals surface area contributed by atoms with Crippen molar-refractivity contribution >= 4 is 24.3 Å². The fourth-order valence-corrected chi connectivity index (χ4v) is 4.00. The van der Waals surface area contributed by atoms with Crippen LogP contribution in [0, 0.1) is 5.92 Å². The summed E-state index contributed by atoms with van der Waals surface area (Å²) in [5.74, 6) is -2.17. The van der Waals surface area contributed by atoms with E-state index in [1.807, 2.05) is 13.8 Å². The van der Waals surface area contributed by atoms with Gasteiger partial charge in [0, 0.05) is 6.42 Å². The van der Waals surface area contributed by atoms with Gasteiger partial charge >= 0.3 is 11.9 Å². The molecule has 1 saturated heterocycles. The van der Waals surface area contributed by atoms with Crippen molar-refractivity contribution in [2.45, 2.75) is 63.5 Å². The van der Waals surface area contributed by atoms with E-state index >= 15 is 0 Å². The molecule has 0 unspecified atom stereocenters. The zero-order valence-electron chi connectivity index (χ0n) is 17.2. The van der Waals surface area contributed by atoms with Gasteiger partial charge in [0.1, 0.15) is 17.4 Å². The van der Waals surface area contributed by atoms with E-state index in [-0.39, 0.29) is 30.1 Å². The Bertz CT molecular complexity index is 871. The number of fused-ring (bicyclic) bond motifs is 1. The fourth-order valence-electron chi connectivity index (χ4n) is 4.00. The summed E-state index contributed by atoms with van der Waals surface area (Å²) in [6.45, 7) is 3.87. The van der Waals surface area contributed by atoms with E-state index in [1.54, 1.807) is 12.1 Å². The van der Waals surface area contributed by atoms with Crippen molar-refractivity contribution in [3.63, 3.8) is 0 Å². The van der Waals surface area contributed by atoms with Gasteiger partial charge in [-0.05, 0) is 24.0 Å². The van der Waals surface area contributed by atoms with Gasteiger partial charge in [-0.3, -0.25) is 14.4 Å². The van der Waals surface area contributed by atoms with Crippen LogP contribution < -0.4 is 10.6 Å². The SMILES string of the molecule is CC(C)C[C@H](NC(=O)[C@@H](O)[C@H]1OC(=O)C[C@@H]1NC=O)[C@@H]1Cc2cccc(O)c2C(=O)O1. The van der Waals surface area contributed by atoms with Crippen LogP contribution in [0.15, 0.2) is 18.2 Å². The molecule has 10 heteroatoms. The molecule has 2 aliphatic heterocycles. The van der Waals surface area contributed by atoms with E-state index in [2.05, 4.69) is 10.6 Å². The van der Waals surface area contributed by atoms with Gasteiger partial charge in [-0.15, -0.1) is 0 Å². The monoisotopic (exact) mass is 434 g/mol. The molecular formula is C21H26N2O8. The molecule has 0 bridgehead atoms. The van der Waals surface area contributed by atoms with Crippen LogP contribution in [0.2, 0.25) is 0 Å². The number of phenols is 1. The highest BCUT2D eigenvalue weighted by Gasteiger charge is 2.44. The first-order chi connectivity index (χ1) is 14.7. The van der Waals surface area contributed by atoms with Gasteiger partial charge < -0.3 is 30.3 Å². The molecule has 2 heterocycles. The third-order valence-corrected chi connectivity index (χ3v) is 5.43. The highest BCUT2D eigenvalue weighted by molar-refractivity contribution is 5.95. The number of cyclic esters (lactones) is 2. The van der Waals surface area contributed by atoms with E-state index in [4.69, 9.17) is 9.47 Å². The maximum Gasteiger partial charge on any atom is 0.342 e. The van der Waals surface area contributed by atoms with Crippen molar-refractivity contribution in [1.29, 1.82) is 0 Å². The zero-order chi connectivity index (χ0) is 22.7. The van der Waals surface area contributed by atoms with Crippen LogP contribution in [0.5, 0.6) is 5.75 Å². The molecule has 0 aliphatic carbocycles. The van der Waals surface area contributed by atoms with Gasteiger partial charge in [0.05, 0.1) is 18.5 Å². The number of aliphatic hydroxyl groups is 1. The minimum absolute atomic E-state index is 0.106. The number of carbonyl (C=O) groups excluding carboxylic acids is 4. The lowest BCUT2D eigenvalue weighted by Gasteiger charge is -2.33. The highest BCUT2D eigenvalue weighted by atomic mass is 16.6. The minimum Gasteiger partial charge on any atom is -0.507 e. The molecule has 0 spiro atoms. The largest absolute Gasteiger partial charge is 0.507 e. The number of aliphatic hydroxyl groups excluding tert-OH is 1. The number of aromatic hydroxyl groups is 1. The van der Waals surface area contributed by atoms with Crippen molar-refractivity contribution in [3.05, 3.63) is 29.3 Å². The topological polar surface area (TPSA) is 151 Å². The molecule has 1 aromatic carbocycles. The Morgan fingerprint density at radius 2 is 2.00 bits per heavy atom. The summed E-state index contributed by atoms with van der Waals surface area (Å²) in [5.41, 5.74) is 0.707. The smallest absolute Gasteiger partial charge is 0.342 e. The van der Waals surface area contributed by atoms with E-state index in [0.717, 1.165) is 0 Å². The van der Waals surface area contributed by atoms with Gasteiger partial charge in [0.2, 0.25) is 6.41 Å². The van der Waals surface area contributed by atoms with Crippen molar-refractivity contribution in [2.24, 2.45) is 5.92 Å². The molecule has 1 fully saturated rings. The fraction of sp³-hybridized carbons (Fsp3) is 0.524. The third-order valence-electron chi connectivity index (χ3n) is 5.43. The molecule has 2 aliphatic rings. The number of amides is 2. The lowest BCUT2D eigenvalue weighted by Crippen LogP contribution is -2.55. The first kappa shape index (κ1) is 22.5. The Labute approximate surface area is 178 Å². The Hall–Kier alpha value is -3.14. The number of esters is 2. The Kier molecular flexibility index (Phi) is 6.79. The van der Waals surface area contributed by atoms with Gasteiger partial charge in [0.25, 0.3) is 5.91 Å². The lowest BCUT2D eigenvalue weighted by molar-refractivity contribution is -0.151. The molecule has 3 rings (SSSR count). The second-order valence-corrected chi connectivity index (χ2v) is 8.20. The van der Waals surface area contributed by atoms with Crippen LogP contribution in [0.25, 0.3) is 0 Å². The summed E-state index contributed by atoms with van der Waals surface area (Å²) >= 11 is 0. The predicted octanol–water partition coefficient (Wildman–Crippen LogP) is -0.204. The van der Waals surface area contributed by atoms with Crippen LogP contribution in [-0.2, 0) is 30.3 Å². The maximum absolute atomic E-state index is 12.8. The van der Waals surface area contributed by atoms with Crippen molar-refractivity contribution in [3.8, 4) is 5.75 Å². The second kappa shape index (κ2) is 9.34. The number of hydrogen-bond donors (Lipinski definition) is 4. The van der Waals surface area contributed by atoms with Gasteiger partial charge in [-0.25, -0.2) is 4.79 Å². The highest BCUT2D eigenvalue weighted by Crippen LogP contribution is 2.30. The molecule has 10 nitrogen and oxygen atoms in total. The summed E-state index contributed by atoms with van der Waals surface area (Å²) in [7, 11) is 0. The molecule has 5 atom stereocenters. The van der Waals surface area contributed by atoms with Gasteiger partial charge in [-0.2, -0.15) is 0 Å². The predicted molar refractivity (Wildman–Crippen MR) is 106 cm³/mol. The van der Waals surface area contributed by atoms with E-state index < -0.39 is 48.2 Å². The van der Waals surface area contributed by atoms with Crippen LogP contribution in [0.1, 0.15) is 42.6 Å². The normalized spacial score (nSPS) is 24.6. The van der Waals surface area contributed by atoms with E-state index in [1.165, 1.54) is 6.07 Å². The molecule has 0 saturated carbocycles. The first-order valence-corrected chi connectivity index (χ1v) is 10.1. The summed E-state index contributed by atoms with van der Waals surface area (Å²) < 4.78 is 10.5. The summed E-state index contributed by atoms with van der Waals surface area (Å²) in [6, 6.07) is 3.28. The zero-order valence-corrected chi connectivity index (χ0v) is 17.2. The molecule has 1 aromatic rings. The second-order valence-electron chi connectivity index (χ2n) is 8.20. The molecule has 4 N–H and O–H groups in total. The number of nitrogens with one attached hydrogen (secondary N) is 2. The van der Waals surface area contributed by atoms with Crippen molar-refractivity contribution < 1.29 is 38.9 Å². The van der Waals surface area contributed by atoms with Crippen molar-refractivity contribution in [2.75, 3.05) is 0 Å². The number of benzene rings is 1. The number of ether oxygens (including phenoxy) is 2. The number of hydrogen-bond acceptors (Lipinski definition) is 8. The number of carbonyl (C=O) groups is 4. The van der Waals surface area contributed by atoms with Crippen LogP contribution >= 0.6 is 0 Å². The van der Waals surface area contributed by atoms with Crippen LogP contribution in [0.3, 0.4) is 0 Å². The molecule has 0 radical (unpaired) electrons. The van der Waals surface area contributed by atoms with Crippen LogP contribution in [-0.4, -0.2) is 64.9 Å². The third kappa shape index (κ3) is 4.96. The standard InChI is InChI=1S/C21H26N2O8/c1-10(2)6-12(15-7-11-4-3-5-14(25)17(11)21(29)30-15)23-20(28)18(27)19-13(22-9-24)8-16(26)31-19/h3-5,9-10,12-13,15,18-19,25,27H,6-8H2,1-2H3,(H,22,24)(H,23,28)/t12-,13-,15-,18-,19-/m0/s1. The Morgan fingerprint density at radius 3 is 2.68 bits per heavy atom. The first-order valence-electron chi connectivity index (χ1n) is 10.1. The summed E-state index contributed by atoms with van der Waals surface area (Å²) in [6.07, 6.45) is -2.69. The summed E-state index contributed by atoms with van der Waals surface area (Å²) in [4.78, 5) is 47.5. The van der Waals surface area contributed by atoms with E-state index in [9.17, 15) is 29.4 Å². The quantitative estimate of drug-likeness (QED) is 0.324. The molecule has 0 aromatic heterocycles. The Morgan fingerprint density at radius 1 is 1.26 bits per heavy atom. The molecule has 168 valence electrons. The summed E-state index contributed by atoms with van der Waals surface area (Å²) in [5, 5.41) is 25.5. The molecule has 2 amide bonds. The maximum atomic E-state index is 12.8.